The molecule has 0 saturated heterocycles. The Kier molecular flexibility index (Phi) is 3.45. The Hall–Kier alpha value is -2.10. The molecule has 0 spiro atoms. The van der Waals surface area contributed by atoms with Crippen molar-refractivity contribution < 1.29 is 23.1 Å². The molecule has 16 heavy (non-hydrogen) atoms. The molecule has 0 aromatic carbocycles. The topological polar surface area (TPSA) is 74.0 Å². The average molecular weight is 230 g/mol. The van der Waals surface area contributed by atoms with Crippen LogP contribution in [-0.2, 0) is 11.2 Å². The number of carboxylic acids is 1. The fraction of sp³-hybridized carbons (Fsp3) is 0.222. The van der Waals surface area contributed by atoms with Crippen LogP contribution in [0.3, 0.4) is 0 Å². The lowest BCUT2D eigenvalue weighted by atomic mass is 10.1. The predicted molar refractivity (Wildman–Crippen MR) is 45.2 cm³/mol. The maximum Gasteiger partial charge on any atom is 0.309 e. The molecule has 1 rings (SSSR count). The molecule has 0 radical (unpaired) electrons. The van der Waals surface area contributed by atoms with Crippen molar-refractivity contribution in [2.75, 3.05) is 0 Å². The minimum Gasteiger partial charge on any atom is -0.481 e. The summed E-state index contributed by atoms with van der Waals surface area (Å²) >= 11 is 0. The van der Waals surface area contributed by atoms with E-state index in [1.807, 2.05) is 0 Å². The Balaban J connectivity index is 3.32. The van der Waals surface area contributed by atoms with E-state index in [0.717, 1.165) is 0 Å². The number of carbonyl (C=O) groups is 1. The second-order valence-electron chi connectivity index (χ2n) is 2.84. The molecule has 1 N–H and O–H groups in total. The van der Waals surface area contributed by atoms with Crippen molar-refractivity contribution in [3.63, 3.8) is 0 Å². The van der Waals surface area contributed by atoms with Crippen molar-refractivity contribution in [1.29, 1.82) is 5.26 Å². The summed E-state index contributed by atoms with van der Waals surface area (Å²) in [6, 6.07) is 2.06. The Morgan fingerprint density at radius 1 is 1.62 bits per heavy atom. The second-order valence-corrected chi connectivity index (χ2v) is 2.84. The predicted octanol–water partition coefficient (Wildman–Crippen LogP) is 1.66. The highest BCUT2D eigenvalue weighted by Gasteiger charge is 2.20. The normalized spacial score (nSPS) is 10.2. The zero-order chi connectivity index (χ0) is 12.3. The van der Waals surface area contributed by atoms with Crippen LogP contribution in [0, 0.1) is 17.1 Å². The van der Waals surface area contributed by atoms with Gasteiger partial charge in [-0.05, 0) is 6.07 Å². The van der Waals surface area contributed by atoms with E-state index in [0.29, 0.717) is 6.07 Å². The molecule has 7 heteroatoms. The number of pyridine rings is 1. The van der Waals surface area contributed by atoms with Gasteiger partial charge in [-0.25, -0.2) is 18.2 Å². The van der Waals surface area contributed by atoms with Gasteiger partial charge in [0.15, 0.2) is 5.82 Å². The molecular weight excluding hydrogens is 225 g/mol. The molecule has 0 amide bonds. The van der Waals surface area contributed by atoms with Gasteiger partial charge in [0, 0.05) is 0 Å². The minimum atomic E-state index is -3.12. The van der Waals surface area contributed by atoms with Gasteiger partial charge in [0.1, 0.15) is 11.8 Å². The molecule has 0 aliphatic carbocycles. The quantitative estimate of drug-likeness (QED) is 0.856. The first-order valence-corrected chi connectivity index (χ1v) is 4.05. The fourth-order valence-corrected chi connectivity index (χ4v) is 1.08. The van der Waals surface area contributed by atoms with Crippen LogP contribution in [0.5, 0.6) is 0 Å². The number of aliphatic carboxylic acids is 1. The lowest BCUT2D eigenvalue weighted by Crippen LogP contribution is -2.09. The molecular formula is C9H5F3N2O2. The standard InChI is InChI=1S/C9H5F3N2O2/c10-8-5(9(11)12)1-4(3-13)14-6(8)2-7(15)16/h1,9H,2H2,(H,15,16). The van der Waals surface area contributed by atoms with Crippen molar-refractivity contribution in [2.24, 2.45) is 0 Å². The zero-order valence-electron chi connectivity index (χ0n) is 7.75. The van der Waals surface area contributed by atoms with Crippen LogP contribution in [0.15, 0.2) is 6.07 Å². The number of nitrogens with zero attached hydrogens (tertiary/aromatic N) is 2. The molecule has 0 aliphatic rings. The molecule has 1 aromatic heterocycles. The van der Waals surface area contributed by atoms with Crippen LogP contribution in [0.1, 0.15) is 23.4 Å². The summed E-state index contributed by atoms with van der Waals surface area (Å²) in [7, 11) is 0. The van der Waals surface area contributed by atoms with Gasteiger partial charge < -0.3 is 5.11 Å². The summed E-state index contributed by atoms with van der Waals surface area (Å²) in [6.07, 6.45) is -3.97. The largest absolute Gasteiger partial charge is 0.481 e. The summed E-state index contributed by atoms with van der Waals surface area (Å²) in [5.74, 6) is -2.79. The molecule has 0 unspecified atom stereocenters. The van der Waals surface area contributed by atoms with Gasteiger partial charge in [0.05, 0.1) is 17.7 Å². The lowest BCUT2D eigenvalue weighted by Gasteiger charge is -2.06. The Morgan fingerprint density at radius 3 is 2.69 bits per heavy atom. The van der Waals surface area contributed by atoms with Gasteiger partial charge in [0.2, 0.25) is 0 Å². The van der Waals surface area contributed by atoms with E-state index in [4.69, 9.17) is 10.4 Å². The van der Waals surface area contributed by atoms with Gasteiger partial charge in [-0.3, -0.25) is 4.79 Å². The molecule has 1 aromatic rings. The van der Waals surface area contributed by atoms with Crippen LogP contribution in [0.25, 0.3) is 0 Å². The van der Waals surface area contributed by atoms with Gasteiger partial charge in [0.25, 0.3) is 6.43 Å². The van der Waals surface area contributed by atoms with Crippen LogP contribution in [-0.4, -0.2) is 16.1 Å². The lowest BCUT2D eigenvalue weighted by molar-refractivity contribution is -0.136. The number of hydrogen-bond acceptors (Lipinski definition) is 3. The van der Waals surface area contributed by atoms with Crippen LogP contribution in [0.4, 0.5) is 13.2 Å². The third-order valence-electron chi connectivity index (χ3n) is 1.72. The number of hydrogen-bond donors (Lipinski definition) is 1. The van der Waals surface area contributed by atoms with Crippen molar-refractivity contribution in [3.05, 3.63) is 28.8 Å². The van der Waals surface area contributed by atoms with E-state index in [-0.39, 0.29) is 0 Å². The highest BCUT2D eigenvalue weighted by atomic mass is 19.3. The number of nitriles is 1. The van der Waals surface area contributed by atoms with Crippen molar-refractivity contribution in [2.45, 2.75) is 12.8 Å². The third-order valence-corrected chi connectivity index (χ3v) is 1.72. The molecule has 0 bridgehead atoms. The first-order chi connectivity index (χ1) is 7.45. The Bertz CT molecular complexity index is 469. The summed E-state index contributed by atoms with van der Waals surface area (Å²) in [6.45, 7) is 0. The van der Waals surface area contributed by atoms with E-state index in [2.05, 4.69) is 4.98 Å². The van der Waals surface area contributed by atoms with Crippen molar-refractivity contribution in [1.82, 2.24) is 4.98 Å². The van der Waals surface area contributed by atoms with Gasteiger partial charge in [-0.15, -0.1) is 0 Å². The number of carboxylic acid groups (broad SMARTS) is 1. The van der Waals surface area contributed by atoms with Crippen LogP contribution in [0.2, 0.25) is 0 Å². The second kappa shape index (κ2) is 4.61. The average Bonchev–Trinajstić information content (AvgIpc) is 2.19. The number of alkyl halides is 2. The Labute approximate surface area is 88.0 Å². The summed E-state index contributed by atoms with van der Waals surface area (Å²) in [5, 5.41) is 16.9. The van der Waals surface area contributed by atoms with E-state index in [9.17, 15) is 18.0 Å². The van der Waals surface area contributed by atoms with Gasteiger partial charge in [-0.1, -0.05) is 0 Å². The van der Waals surface area contributed by atoms with E-state index < -0.39 is 41.6 Å². The number of halogens is 3. The first-order valence-electron chi connectivity index (χ1n) is 4.05. The zero-order valence-corrected chi connectivity index (χ0v) is 7.75. The van der Waals surface area contributed by atoms with Crippen molar-refractivity contribution in [3.8, 4) is 6.07 Å². The van der Waals surface area contributed by atoms with Gasteiger partial charge >= 0.3 is 5.97 Å². The first kappa shape index (κ1) is 12.0. The maximum absolute atomic E-state index is 13.3. The third kappa shape index (κ3) is 2.48. The Morgan fingerprint density at radius 2 is 2.25 bits per heavy atom. The van der Waals surface area contributed by atoms with Gasteiger partial charge in [-0.2, -0.15) is 5.26 Å². The van der Waals surface area contributed by atoms with E-state index in [1.165, 1.54) is 6.07 Å². The highest BCUT2D eigenvalue weighted by molar-refractivity contribution is 5.69. The molecule has 0 fully saturated rings. The number of rotatable bonds is 3. The smallest absolute Gasteiger partial charge is 0.309 e. The SMILES string of the molecule is N#Cc1cc(C(F)F)c(F)c(CC(=O)O)n1. The molecule has 4 nitrogen and oxygen atoms in total. The molecule has 1 heterocycles. The molecule has 0 atom stereocenters. The monoisotopic (exact) mass is 230 g/mol. The summed E-state index contributed by atoms with van der Waals surface area (Å²) < 4.78 is 38.0. The highest BCUT2D eigenvalue weighted by Crippen LogP contribution is 2.24. The number of aromatic nitrogens is 1. The van der Waals surface area contributed by atoms with Crippen LogP contribution >= 0.6 is 0 Å². The fourth-order valence-electron chi connectivity index (χ4n) is 1.08. The maximum atomic E-state index is 13.3. The minimum absolute atomic E-state index is 0.437. The summed E-state index contributed by atoms with van der Waals surface area (Å²) in [5.41, 5.74) is -2.11. The van der Waals surface area contributed by atoms with E-state index >= 15 is 0 Å². The van der Waals surface area contributed by atoms with Crippen LogP contribution < -0.4 is 0 Å². The summed E-state index contributed by atoms with van der Waals surface area (Å²) in [4.78, 5) is 13.6. The van der Waals surface area contributed by atoms with Crippen molar-refractivity contribution >= 4 is 5.97 Å². The molecule has 84 valence electrons. The molecule has 0 aliphatic heterocycles. The van der Waals surface area contributed by atoms with E-state index in [1.54, 1.807) is 0 Å². The molecule has 0 saturated carbocycles.